The minimum absolute atomic E-state index is 0.0341. The number of guanidine groups is 1. The number of aliphatic carboxylic acids is 2. The van der Waals surface area contributed by atoms with Crippen molar-refractivity contribution >= 4 is 71.7 Å². The smallest absolute Gasteiger partial charge is 0.326 e. The number of carboxylic acids is 2. The van der Waals surface area contributed by atoms with Crippen LogP contribution in [0.15, 0.2) is 35.3 Å². The monoisotopic (exact) mass is 778 g/mol. The van der Waals surface area contributed by atoms with E-state index in [1.165, 1.54) is 13.8 Å². The number of amides is 6. The molecule has 0 spiro atoms. The van der Waals surface area contributed by atoms with Gasteiger partial charge in [0.25, 0.3) is 5.91 Å². The van der Waals surface area contributed by atoms with Crippen LogP contribution in [0.3, 0.4) is 0 Å². The zero-order valence-electron chi connectivity index (χ0n) is 30.1. The van der Waals surface area contributed by atoms with E-state index in [2.05, 4.69) is 49.5 Å². The molecule has 54 heavy (non-hydrogen) atoms. The summed E-state index contributed by atoms with van der Waals surface area (Å²) in [5.74, 6) is -7.39. The standard InChI is InChI=1S/C33H50N10O10S/c1-18(39-30(50)21-10-6-14-36-21)27(47)42-24(17-54)31(51)43(20-8-4-3-5-9-20)19(2)28(48)41-22(11-7-15-37-33(34)35)29(49)38-16-25(44)40-23(32(52)53)12-13-26(45)46/h3-5,8-9,18-19,21-24,36,54H,6-7,10-17H2,1-2H3,(H,38,49)(H,39,50)(H,40,44)(H,41,48)(H,42,47)(H,45,46)(H,52,53)(H4,34,35,37)/t18-,19+,21+,22+,23+,24-/m1/s1. The van der Waals surface area contributed by atoms with Gasteiger partial charge in [0.15, 0.2) is 5.96 Å². The molecule has 0 aromatic heterocycles. The van der Waals surface area contributed by atoms with Crippen LogP contribution in [0.25, 0.3) is 0 Å². The van der Waals surface area contributed by atoms with Crippen molar-refractivity contribution in [3.05, 3.63) is 30.3 Å². The average molecular weight is 779 g/mol. The molecule has 1 fully saturated rings. The molecule has 0 aliphatic carbocycles. The molecule has 6 atom stereocenters. The molecule has 1 aliphatic rings. The van der Waals surface area contributed by atoms with Crippen LogP contribution in [0, 0.1) is 0 Å². The highest BCUT2D eigenvalue weighted by Crippen LogP contribution is 2.19. The van der Waals surface area contributed by atoms with Gasteiger partial charge in [-0.05, 0) is 64.6 Å². The van der Waals surface area contributed by atoms with E-state index in [0.29, 0.717) is 13.0 Å². The molecular formula is C33H50N10O10S. The lowest BCUT2D eigenvalue weighted by Crippen LogP contribution is -2.60. The van der Waals surface area contributed by atoms with E-state index in [4.69, 9.17) is 16.6 Å². The molecule has 1 aromatic carbocycles. The molecule has 1 saturated heterocycles. The van der Waals surface area contributed by atoms with Crippen molar-refractivity contribution in [2.75, 3.05) is 30.3 Å². The normalized spacial score (nSPS) is 16.2. The molecule has 0 unspecified atom stereocenters. The summed E-state index contributed by atoms with van der Waals surface area (Å²) in [5.41, 5.74) is 11.0. The molecule has 0 saturated carbocycles. The number of carbonyl (C=O) groups excluding carboxylic acids is 6. The molecule has 2 rings (SSSR count). The molecule has 1 heterocycles. The minimum atomic E-state index is -1.52. The number of benzene rings is 1. The molecular weight excluding hydrogens is 728 g/mol. The zero-order valence-corrected chi connectivity index (χ0v) is 31.0. The maximum Gasteiger partial charge on any atom is 0.326 e. The van der Waals surface area contributed by atoms with Crippen molar-refractivity contribution in [2.45, 2.75) is 88.6 Å². The molecule has 12 N–H and O–H groups in total. The second-order valence-electron chi connectivity index (χ2n) is 12.5. The van der Waals surface area contributed by atoms with Crippen molar-refractivity contribution in [3.8, 4) is 0 Å². The van der Waals surface area contributed by atoms with Crippen LogP contribution in [-0.4, -0.2) is 125 Å². The molecule has 20 nitrogen and oxygen atoms in total. The number of carboxylic acid groups (broad SMARTS) is 2. The van der Waals surface area contributed by atoms with Gasteiger partial charge in [-0.2, -0.15) is 12.6 Å². The minimum Gasteiger partial charge on any atom is -0.481 e. The van der Waals surface area contributed by atoms with Gasteiger partial charge in [0.1, 0.15) is 30.2 Å². The van der Waals surface area contributed by atoms with Gasteiger partial charge in [0, 0.05) is 24.4 Å². The fourth-order valence-corrected chi connectivity index (χ4v) is 5.56. The van der Waals surface area contributed by atoms with E-state index in [1.54, 1.807) is 30.3 Å². The molecule has 1 aliphatic heterocycles. The predicted octanol–water partition coefficient (Wildman–Crippen LogP) is -2.83. The lowest BCUT2D eigenvalue weighted by Gasteiger charge is -2.33. The van der Waals surface area contributed by atoms with Crippen molar-refractivity contribution in [3.63, 3.8) is 0 Å². The first-order valence-corrected chi connectivity index (χ1v) is 17.9. The molecule has 0 radical (unpaired) electrons. The van der Waals surface area contributed by atoms with Crippen LogP contribution in [0.4, 0.5) is 5.69 Å². The number of hydrogen-bond acceptors (Lipinski definition) is 11. The first-order valence-electron chi connectivity index (χ1n) is 17.3. The average Bonchev–Trinajstić information content (AvgIpc) is 3.68. The number of hydrogen-bond donors (Lipinski definition) is 11. The molecule has 1 aromatic rings. The summed E-state index contributed by atoms with van der Waals surface area (Å²) < 4.78 is 0. The number of anilines is 1. The summed E-state index contributed by atoms with van der Waals surface area (Å²) >= 11 is 4.27. The quantitative estimate of drug-likeness (QED) is 0.0245. The summed E-state index contributed by atoms with van der Waals surface area (Å²) in [7, 11) is 0. The lowest BCUT2D eigenvalue weighted by molar-refractivity contribution is -0.143. The van der Waals surface area contributed by atoms with Crippen molar-refractivity contribution in [2.24, 2.45) is 16.5 Å². The first-order chi connectivity index (χ1) is 25.5. The number of thiol groups is 1. The zero-order chi connectivity index (χ0) is 40.4. The molecule has 0 bridgehead atoms. The van der Waals surface area contributed by atoms with Crippen LogP contribution in [0.2, 0.25) is 0 Å². The van der Waals surface area contributed by atoms with Crippen LogP contribution in [-0.2, 0) is 38.4 Å². The maximum atomic E-state index is 14.1. The van der Waals surface area contributed by atoms with Crippen molar-refractivity contribution in [1.29, 1.82) is 0 Å². The van der Waals surface area contributed by atoms with Gasteiger partial charge < -0.3 is 53.6 Å². The van der Waals surface area contributed by atoms with Crippen molar-refractivity contribution in [1.82, 2.24) is 31.9 Å². The highest BCUT2D eigenvalue weighted by atomic mass is 32.1. The summed E-state index contributed by atoms with van der Waals surface area (Å²) in [6.45, 7) is 2.93. The molecule has 298 valence electrons. The van der Waals surface area contributed by atoms with Crippen LogP contribution in [0.5, 0.6) is 0 Å². The number of nitrogens with one attached hydrogen (secondary N) is 6. The lowest BCUT2D eigenvalue weighted by atomic mass is 10.1. The number of para-hydroxylation sites is 1. The molecule has 21 heteroatoms. The van der Waals surface area contributed by atoms with E-state index < -0.39 is 97.1 Å². The highest BCUT2D eigenvalue weighted by Gasteiger charge is 2.35. The number of nitrogens with zero attached hydrogens (tertiary/aromatic N) is 2. The fourth-order valence-electron chi connectivity index (χ4n) is 5.31. The van der Waals surface area contributed by atoms with Crippen LogP contribution in [0.1, 0.15) is 52.4 Å². The molecule has 6 amide bonds. The topological polar surface area (TPSA) is 317 Å². The SMILES string of the molecule is C[C@@H](NC(=O)[C@@H]1CCCN1)C(=O)N[C@H](CS)C(=O)N(c1ccccc1)[C@@H](C)C(=O)N[C@@H](CCCN=C(N)N)C(=O)NCC(=O)N[C@@H](CCC(=O)O)C(=O)O. The summed E-state index contributed by atoms with van der Waals surface area (Å²) in [6.07, 6.45) is 0.685. The summed E-state index contributed by atoms with van der Waals surface area (Å²) in [5, 5.41) is 33.5. The van der Waals surface area contributed by atoms with Gasteiger partial charge in [0.05, 0.1) is 12.6 Å². The van der Waals surface area contributed by atoms with Gasteiger partial charge in [-0.15, -0.1) is 0 Å². The number of carbonyl (C=O) groups is 8. The maximum absolute atomic E-state index is 14.1. The number of rotatable bonds is 22. The fraction of sp³-hybridized carbons (Fsp3) is 0.545. The Kier molecular flexibility index (Phi) is 18.7. The predicted molar refractivity (Wildman–Crippen MR) is 199 cm³/mol. The van der Waals surface area contributed by atoms with Gasteiger partial charge in [-0.25, -0.2) is 4.79 Å². The third-order valence-electron chi connectivity index (χ3n) is 8.25. The third kappa shape index (κ3) is 14.9. The van der Waals surface area contributed by atoms with E-state index in [-0.39, 0.29) is 42.7 Å². The largest absolute Gasteiger partial charge is 0.481 e. The number of nitrogens with two attached hydrogens (primary N) is 2. The third-order valence-corrected chi connectivity index (χ3v) is 8.61. The highest BCUT2D eigenvalue weighted by molar-refractivity contribution is 7.80. The first kappa shape index (κ1) is 44.7. The second kappa shape index (κ2) is 22.6. The van der Waals surface area contributed by atoms with Crippen LogP contribution < -0.4 is 48.3 Å². The van der Waals surface area contributed by atoms with Crippen molar-refractivity contribution < 1.29 is 48.6 Å². The Labute approximate surface area is 317 Å². The second-order valence-corrected chi connectivity index (χ2v) is 12.8. The van der Waals surface area contributed by atoms with E-state index in [0.717, 1.165) is 11.3 Å². The number of aliphatic imine (C=N–C) groups is 1. The van der Waals surface area contributed by atoms with Gasteiger partial charge >= 0.3 is 11.9 Å². The summed E-state index contributed by atoms with van der Waals surface area (Å²) in [6, 6.07) is 1.30. The van der Waals surface area contributed by atoms with E-state index in [1.807, 2.05) is 0 Å². The Morgan fingerprint density at radius 2 is 1.57 bits per heavy atom. The van der Waals surface area contributed by atoms with E-state index in [9.17, 15) is 43.5 Å². The summed E-state index contributed by atoms with van der Waals surface area (Å²) in [4.78, 5) is 107. The van der Waals surface area contributed by atoms with Gasteiger partial charge in [-0.1, -0.05) is 18.2 Å². The van der Waals surface area contributed by atoms with Gasteiger partial charge in [0.2, 0.25) is 29.5 Å². The Morgan fingerprint density at radius 3 is 2.15 bits per heavy atom. The van der Waals surface area contributed by atoms with E-state index >= 15 is 0 Å². The van der Waals surface area contributed by atoms with Gasteiger partial charge in [-0.3, -0.25) is 43.5 Å². The Balaban J connectivity index is 2.23. The Bertz CT molecular complexity index is 1520. The Hall–Kier alpha value is -5.44. The Morgan fingerprint density at radius 1 is 0.907 bits per heavy atom. The van der Waals surface area contributed by atoms with Crippen LogP contribution >= 0.6 is 12.6 Å².